The summed E-state index contributed by atoms with van der Waals surface area (Å²) < 4.78 is 16.3. The van der Waals surface area contributed by atoms with Crippen molar-refractivity contribution in [3.05, 3.63) is 29.8 Å². The molecule has 0 radical (unpaired) electrons. The summed E-state index contributed by atoms with van der Waals surface area (Å²) in [5.41, 5.74) is 1.04. The van der Waals surface area contributed by atoms with Crippen LogP contribution in [0.5, 0.6) is 0 Å². The van der Waals surface area contributed by atoms with Crippen LogP contribution >= 0.6 is 0 Å². The molecule has 0 fully saturated rings. The van der Waals surface area contributed by atoms with E-state index in [-0.39, 0.29) is 12.4 Å². The highest BCUT2D eigenvalue weighted by Gasteiger charge is 2.18. The van der Waals surface area contributed by atoms with Gasteiger partial charge in [0.1, 0.15) is 0 Å². The Labute approximate surface area is 102 Å². The molecule has 0 amide bonds. The summed E-state index contributed by atoms with van der Waals surface area (Å²) in [6.07, 6.45) is 0. The van der Waals surface area contributed by atoms with E-state index >= 15 is 0 Å². The summed E-state index contributed by atoms with van der Waals surface area (Å²) in [7, 11) is -1.50. The van der Waals surface area contributed by atoms with Gasteiger partial charge in [-0.1, -0.05) is 17.7 Å². The van der Waals surface area contributed by atoms with E-state index in [9.17, 15) is 13.8 Å². The average Bonchev–Trinajstić information content (AvgIpc) is 2.30. The lowest BCUT2D eigenvalue weighted by Crippen LogP contribution is -2.23. The van der Waals surface area contributed by atoms with Crippen molar-refractivity contribution in [3.8, 4) is 0 Å². The van der Waals surface area contributed by atoms with Crippen molar-refractivity contribution in [1.29, 1.82) is 0 Å². The molecule has 0 saturated heterocycles. The van der Waals surface area contributed by atoms with E-state index in [4.69, 9.17) is 0 Å². The first-order chi connectivity index (χ1) is 8.04. The van der Waals surface area contributed by atoms with Crippen molar-refractivity contribution in [2.45, 2.75) is 18.7 Å². The highest BCUT2D eigenvalue weighted by molar-refractivity contribution is 7.86. The first kappa shape index (κ1) is 13.6. The number of hydrogen-bond donors (Lipinski definition) is 0. The van der Waals surface area contributed by atoms with Gasteiger partial charge in [0.05, 0.1) is 23.2 Å². The van der Waals surface area contributed by atoms with Crippen LogP contribution in [0.3, 0.4) is 0 Å². The number of ketones is 1. The van der Waals surface area contributed by atoms with Gasteiger partial charge >= 0.3 is 5.97 Å². The molecule has 92 valence electrons. The van der Waals surface area contributed by atoms with Crippen LogP contribution in [0.2, 0.25) is 0 Å². The van der Waals surface area contributed by atoms with Crippen LogP contribution in [-0.4, -0.2) is 28.3 Å². The summed E-state index contributed by atoms with van der Waals surface area (Å²) in [4.78, 5) is 22.9. The molecule has 1 aromatic rings. The van der Waals surface area contributed by atoms with Crippen molar-refractivity contribution in [3.63, 3.8) is 0 Å². The van der Waals surface area contributed by atoms with E-state index in [1.807, 2.05) is 19.1 Å². The number of rotatable bonds is 5. The van der Waals surface area contributed by atoms with E-state index in [0.29, 0.717) is 4.90 Å². The van der Waals surface area contributed by atoms with Crippen molar-refractivity contribution in [2.75, 3.05) is 12.4 Å². The summed E-state index contributed by atoms with van der Waals surface area (Å²) in [6, 6.07) is 6.98. The van der Waals surface area contributed by atoms with Crippen LogP contribution in [0, 0.1) is 6.92 Å². The Morgan fingerprint density at radius 1 is 1.24 bits per heavy atom. The zero-order valence-electron chi connectivity index (χ0n) is 9.76. The van der Waals surface area contributed by atoms with Crippen LogP contribution in [0.25, 0.3) is 0 Å². The van der Waals surface area contributed by atoms with Crippen molar-refractivity contribution in [2.24, 2.45) is 0 Å². The SMILES string of the molecule is CCOC(=O)C(=O)CS(=O)c1ccc(C)cc1. The smallest absolute Gasteiger partial charge is 0.375 e. The number of ether oxygens (including phenoxy) is 1. The predicted molar refractivity (Wildman–Crippen MR) is 64.1 cm³/mol. The second-order valence-corrected chi connectivity index (χ2v) is 4.90. The molecular formula is C12H14O4S. The number of carbonyl (C=O) groups excluding carboxylic acids is 2. The van der Waals surface area contributed by atoms with Crippen LogP contribution in [0.1, 0.15) is 12.5 Å². The summed E-state index contributed by atoms with van der Waals surface area (Å²) in [5.74, 6) is -2.01. The maximum atomic E-state index is 11.8. The fourth-order valence-electron chi connectivity index (χ4n) is 1.16. The van der Waals surface area contributed by atoms with Gasteiger partial charge in [-0.05, 0) is 26.0 Å². The molecule has 0 N–H and O–H groups in total. The third-order valence-electron chi connectivity index (χ3n) is 2.05. The Bertz CT molecular complexity index is 436. The fourth-order valence-corrected chi connectivity index (χ4v) is 2.13. The Kier molecular flexibility index (Phi) is 5.03. The zero-order chi connectivity index (χ0) is 12.8. The number of benzene rings is 1. The van der Waals surface area contributed by atoms with Gasteiger partial charge in [0, 0.05) is 4.90 Å². The van der Waals surface area contributed by atoms with Gasteiger partial charge in [-0.25, -0.2) is 4.79 Å². The molecular weight excluding hydrogens is 240 g/mol. The van der Waals surface area contributed by atoms with E-state index in [1.54, 1.807) is 19.1 Å². The maximum Gasteiger partial charge on any atom is 0.375 e. The minimum Gasteiger partial charge on any atom is -0.460 e. The molecule has 1 aromatic carbocycles. The molecule has 1 atom stereocenters. The molecule has 0 aromatic heterocycles. The maximum absolute atomic E-state index is 11.8. The zero-order valence-corrected chi connectivity index (χ0v) is 10.6. The minimum absolute atomic E-state index is 0.141. The standard InChI is InChI=1S/C12H14O4S/c1-3-16-12(14)11(13)8-17(15)10-6-4-9(2)5-7-10/h4-7H,3,8H2,1-2H3. The molecule has 5 heteroatoms. The van der Waals surface area contributed by atoms with Gasteiger partial charge in [0.2, 0.25) is 0 Å². The second-order valence-electron chi connectivity index (χ2n) is 3.45. The lowest BCUT2D eigenvalue weighted by molar-refractivity contribution is -0.152. The highest BCUT2D eigenvalue weighted by Crippen LogP contribution is 2.08. The van der Waals surface area contributed by atoms with Gasteiger partial charge in [-0.15, -0.1) is 0 Å². The summed E-state index contributed by atoms with van der Waals surface area (Å²) >= 11 is 0. The number of hydrogen-bond acceptors (Lipinski definition) is 4. The minimum atomic E-state index is -1.50. The molecule has 0 aliphatic heterocycles. The summed E-state index contributed by atoms with van der Waals surface area (Å²) in [5, 5.41) is 0. The Hall–Kier alpha value is -1.49. The molecule has 1 rings (SSSR count). The van der Waals surface area contributed by atoms with Gasteiger partial charge in [-0.3, -0.25) is 9.00 Å². The van der Waals surface area contributed by atoms with Crippen molar-refractivity contribution < 1.29 is 18.5 Å². The molecule has 4 nitrogen and oxygen atoms in total. The molecule has 17 heavy (non-hydrogen) atoms. The largest absolute Gasteiger partial charge is 0.460 e. The molecule has 0 aliphatic rings. The van der Waals surface area contributed by atoms with Gasteiger partial charge in [0.15, 0.2) is 0 Å². The molecule has 0 heterocycles. The quantitative estimate of drug-likeness (QED) is 0.586. The van der Waals surface area contributed by atoms with Gasteiger partial charge < -0.3 is 4.74 Å². The average molecular weight is 254 g/mol. The molecule has 1 unspecified atom stereocenters. The van der Waals surface area contributed by atoms with Crippen LogP contribution in [-0.2, 0) is 25.1 Å². The first-order valence-electron chi connectivity index (χ1n) is 5.19. The lowest BCUT2D eigenvalue weighted by Gasteiger charge is -2.02. The monoisotopic (exact) mass is 254 g/mol. The molecule has 0 aliphatic carbocycles. The normalized spacial score (nSPS) is 11.9. The topological polar surface area (TPSA) is 60.4 Å². The first-order valence-corrected chi connectivity index (χ1v) is 6.51. The van der Waals surface area contributed by atoms with Gasteiger partial charge in [-0.2, -0.15) is 0 Å². The fraction of sp³-hybridized carbons (Fsp3) is 0.333. The van der Waals surface area contributed by atoms with Crippen molar-refractivity contribution >= 4 is 22.6 Å². The van der Waals surface area contributed by atoms with Crippen molar-refractivity contribution in [1.82, 2.24) is 0 Å². The number of esters is 1. The third-order valence-corrected chi connectivity index (χ3v) is 3.37. The third kappa shape index (κ3) is 4.11. The van der Waals surface area contributed by atoms with E-state index in [1.165, 1.54) is 0 Å². The van der Waals surface area contributed by atoms with Gasteiger partial charge in [0.25, 0.3) is 5.78 Å². The predicted octanol–water partition coefficient (Wildman–Crippen LogP) is 1.23. The second kappa shape index (κ2) is 6.30. The van der Waals surface area contributed by atoms with Crippen LogP contribution in [0.15, 0.2) is 29.2 Å². The Balaban J connectivity index is 2.63. The van der Waals surface area contributed by atoms with E-state index in [2.05, 4.69) is 4.74 Å². The van der Waals surface area contributed by atoms with Crippen LogP contribution in [0.4, 0.5) is 0 Å². The summed E-state index contributed by atoms with van der Waals surface area (Å²) in [6.45, 7) is 3.67. The molecule has 0 spiro atoms. The Morgan fingerprint density at radius 2 is 1.82 bits per heavy atom. The van der Waals surface area contributed by atoms with E-state index in [0.717, 1.165) is 5.56 Å². The van der Waals surface area contributed by atoms with Crippen LogP contribution < -0.4 is 0 Å². The molecule has 0 saturated carbocycles. The number of aryl methyl sites for hydroxylation is 1. The number of carbonyl (C=O) groups is 2. The number of Topliss-reactive ketones (excluding diaryl/α,β-unsaturated/α-hetero) is 1. The lowest BCUT2D eigenvalue weighted by atomic mass is 10.2. The molecule has 0 bridgehead atoms. The Morgan fingerprint density at radius 3 is 2.35 bits per heavy atom. The highest BCUT2D eigenvalue weighted by atomic mass is 32.2. The van der Waals surface area contributed by atoms with E-state index < -0.39 is 22.6 Å².